The topological polar surface area (TPSA) is 122 Å². The van der Waals surface area contributed by atoms with Crippen LogP contribution < -0.4 is 18.5 Å². The number of hydrogen-bond acceptors (Lipinski definition) is 10. The summed E-state index contributed by atoms with van der Waals surface area (Å²) in [4.78, 5) is 39.6. The number of carbonyl (C=O) groups is 2. The first-order valence-corrected chi connectivity index (χ1v) is 16.8. The number of hydrogen-bond donors (Lipinski definition) is 0. The quantitative estimate of drug-likeness (QED) is 0.354. The number of benzene rings is 2. The van der Waals surface area contributed by atoms with Crippen molar-refractivity contribution in [2.75, 3.05) is 65.4 Å². The highest BCUT2D eigenvalue weighted by Gasteiger charge is 2.63. The number of likely N-dealkylation sites (tertiary alicyclic amines) is 1. The predicted molar refractivity (Wildman–Crippen MR) is 171 cm³/mol. The second kappa shape index (κ2) is 12.4. The summed E-state index contributed by atoms with van der Waals surface area (Å²) in [5.74, 6) is -0.397. The van der Waals surface area contributed by atoms with E-state index in [0.29, 0.717) is 54.4 Å². The van der Waals surface area contributed by atoms with E-state index in [1.165, 1.54) is 57.9 Å². The lowest BCUT2D eigenvalue weighted by atomic mass is 9.81. The smallest absolute Gasteiger partial charge is 0.274 e. The first-order chi connectivity index (χ1) is 22.1. The molecule has 2 saturated heterocycles. The van der Waals surface area contributed by atoms with E-state index in [2.05, 4.69) is 9.88 Å². The van der Waals surface area contributed by atoms with Crippen LogP contribution in [0.2, 0.25) is 5.02 Å². The first-order valence-electron chi connectivity index (χ1n) is 14.9. The third kappa shape index (κ3) is 4.96. The van der Waals surface area contributed by atoms with Crippen molar-refractivity contribution in [1.29, 1.82) is 0 Å². The number of anilines is 1. The predicted octanol–water partition coefficient (Wildman–Crippen LogP) is 2.98. The van der Waals surface area contributed by atoms with E-state index < -0.39 is 27.5 Å². The monoisotopic (exact) mass is 669 g/mol. The van der Waals surface area contributed by atoms with Gasteiger partial charge in [0.25, 0.3) is 15.9 Å². The second-order valence-corrected chi connectivity index (χ2v) is 13.7. The lowest BCUT2D eigenvalue weighted by Gasteiger charge is -2.43. The molecule has 1 unspecified atom stereocenters. The van der Waals surface area contributed by atoms with Gasteiger partial charge >= 0.3 is 0 Å². The molecule has 0 aliphatic carbocycles. The molecule has 2 amide bonds. The Morgan fingerprint density at radius 1 is 0.957 bits per heavy atom. The maximum absolute atomic E-state index is 15.4. The van der Waals surface area contributed by atoms with Gasteiger partial charge in [0.15, 0.2) is 5.54 Å². The number of nitrogens with zero attached hydrogens (tertiary/aromatic N) is 5. The second-order valence-electron chi connectivity index (χ2n) is 11.5. The third-order valence-electron chi connectivity index (χ3n) is 9.09. The number of sulfonamides is 1. The average molecular weight is 670 g/mol. The highest BCUT2D eigenvalue weighted by Crippen LogP contribution is 2.55. The van der Waals surface area contributed by atoms with Gasteiger partial charge in [0, 0.05) is 61.1 Å². The van der Waals surface area contributed by atoms with Gasteiger partial charge in [-0.3, -0.25) is 14.5 Å². The van der Waals surface area contributed by atoms with Gasteiger partial charge in [-0.2, -0.15) is 0 Å². The molecule has 2 fully saturated rings. The van der Waals surface area contributed by atoms with Crippen molar-refractivity contribution < 1.29 is 32.2 Å². The molecule has 0 N–H and O–H groups in total. The van der Waals surface area contributed by atoms with Crippen molar-refractivity contribution in [1.82, 2.24) is 19.7 Å². The number of pyridine rings is 1. The van der Waals surface area contributed by atoms with Crippen LogP contribution in [0.5, 0.6) is 17.4 Å². The van der Waals surface area contributed by atoms with E-state index in [1.807, 2.05) is 16.8 Å². The fourth-order valence-corrected chi connectivity index (χ4v) is 8.63. The number of halogens is 1. The molecular weight excluding hydrogens is 634 g/mol. The van der Waals surface area contributed by atoms with Crippen LogP contribution in [-0.2, 0) is 25.2 Å². The Morgan fingerprint density at radius 3 is 2.41 bits per heavy atom. The van der Waals surface area contributed by atoms with Gasteiger partial charge in [0.05, 0.1) is 33.1 Å². The molecule has 14 heteroatoms. The summed E-state index contributed by atoms with van der Waals surface area (Å²) >= 11 is 6.60. The zero-order valence-electron chi connectivity index (χ0n) is 26.1. The molecule has 3 aliphatic heterocycles. The molecule has 1 aromatic heterocycles. The van der Waals surface area contributed by atoms with Gasteiger partial charge < -0.3 is 24.0 Å². The molecule has 2 aromatic carbocycles. The summed E-state index contributed by atoms with van der Waals surface area (Å²) in [6.45, 7) is 2.90. The molecule has 244 valence electrons. The lowest BCUT2D eigenvalue weighted by molar-refractivity contribution is -0.141. The number of likely N-dealkylation sites (N-methyl/N-ethyl adjacent to an activating group) is 1. The van der Waals surface area contributed by atoms with Crippen LogP contribution in [0.1, 0.15) is 24.0 Å². The van der Waals surface area contributed by atoms with Crippen molar-refractivity contribution in [3.63, 3.8) is 0 Å². The number of rotatable bonds is 8. The van der Waals surface area contributed by atoms with Gasteiger partial charge in [0.2, 0.25) is 11.8 Å². The largest absolute Gasteiger partial charge is 0.497 e. The fourth-order valence-electron chi connectivity index (χ4n) is 6.86. The minimum absolute atomic E-state index is 0.00316. The van der Waals surface area contributed by atoms with E-state index in [0.717, 1.165) is 17.4 Å². The molecule has 0 saturated carbocycles. The Morgan fingerprint density at radius 2 is 1.72 bits per heavy atom. The molecule has 12 nitrogen and oxygen atoms in total. The van der Waals surface area contributed by atoms with E-state index in [1.54, 1.807) is 18.2 Å². The number of ether oxygens (including phenoxy) is 3. The Balaban J connectivity index is 1.59. The summed E-state index contributed by atoms with van der Waals surface area (Å²) < 4.78 is 46.6. The highest BCUT2D eigenvalue weighted by atomic mass is 35.5. The van der Waals surface area contributed by atoms with Gasteiger partial charge in [0.1, 0.15) is 16.4 Å². The van der Waals surface area contributed by atoms with Crippen molar-refractivity contribution in [3.8, 4) is 17.4 Å². The van der Waals surface area contributed by atoms with Crippen LogP contribution in [0.4, 0.5) is 5.69 Å². The minimum atomic E-state index is -4.60. The van der Waals surface area contributed by atoms with Gasteiger partial charge in [-0.1, -0.05) is 11.6 Å². The van der Waals surface area contributed by atoms with Gasteiger partial charge in [-0.05, 0) is 62.4 Å². The van der Waals surface area contributed by atoms with Gasteiger partial charge in [-0.15, -0.1) is 0 Å². The molecule has 0 spiro atoms. The van der Waals surface area contributed by atoms with Crippen molar-refractivity contribution in [2.45, 2.75) is 29.3 Å². The van der Waals surface area contributed by atoms with Crippen molar-refractivity contribution >= 4 is 39.1 Å². The zero-order chi connectivity index (χ0) is 32.8. The number of piperazine rings is 1. The number of amides is 2. The summed E-state index contributed by atoms with van der Waals surface area (Å²) in [5.41, 5.74) is -1.10. The lowest BCUT2D eigenvalue weighted by Crippen LogP contribution is -2.60. The maximum atomic E-state index is 15.4. The number of aromatic nitrogens is 1. The van der Waals surface area contributed by atoms with Crippen LogP contribution in [0.15, 0.2) is 59.6 Å². The minimum Gasteiger partial charge on any atom is -0.497 e. The van der Waals surface area contributed by atoms with Gasteiger partial charge in [-0.25, -0.2) is 17.7 Å². The molecule has 0 bridgehead atoms. The normalized spacial score (nSPS) is 22.2. The first kappa shape index (κ1) is 32.0. The van der Waals surface area contributed by atoms with Crippen LogP contribution in [0.25, 0.3) is 0 Å². The molecule has 2 atom stereocenters. The number of fused-ring (bicyclic) bond motifs is 1. The number of carbonyl (C=O) groups excluding carboxylic acids is 2. The van der Waals surface area contributed by atoms with Crippen molar-refractivity contribution in [3.05, 3.63) is 70.9 Å². The molecular formula is C32H36ClN5O7S. The maximum Gasteiger partial charge on any atom is 0.274 e. The molecule has 3 aliphatic rings. The Hall–Kier alpha value is -3.91. The van der Waals surface area contributed by atoms with E-state index in [4.69, 9.17) is 25.8 Å². The molecule has 4 heterocycles. The Bertz CT molecular complexity index is 1780. The zero-order valence-corrected chi connectivity index (χ0v) is 27.7. The van der Waals surface area contributed by atoms with E-state index in [-0.39, 0.29) is 28.1 Å². The molecule has 3 aromatic rings. The SMILES string of the molecule is COc1ccc(S(=O)(=O)N2C(=O)C(c3cccnc3OC)(N3CCC[C@H]3C(=O)N3CCN(C)CC3)c3cc(Cl)ccc32)c(OC)c1. The third-order valence-corrected chi connectivity index (χ3v) is 11.1. The van der Waals surface area contributed by atoms with Crippen molar-refractivity contribution in [2.24, 2.45) is 0 Å². The summed E-state index contributed by atoms with van der Waals surface area (Å²) in [6.07, 6.45) is 2.62. The van der Waals surface area contributed by atoms with Crippen LogP contribution in [0.3, 0.4) is 0 Å². The standard InChI is InChI=1S/C32H36ClN5O7S/c1-35-15-17-36(18-16-35)30(39)26-8-6-14-37(26)32(23-7-5-13-34-29(23)45-4)24-19-21(33)9-11-25(24)38(31(32)40)46(41,42)28-12-10-22(43-2)20-27(28)44-3/h5,7,9-13,19-20,26H,6,8,14-18H2,1-4H3/t26-,32?/m0/s1. The van der Waals surface area contributed by atoms with E-state index >= 15 is 4.79 Å². The fraction of sp³-hybridized carbons (Fsp3) is 0.406. The molecule has 6 rings (SSSR count). The van der Waals surface area contributed by atoms with Crippen LogP contribution >= 0.6 is 11.6 Å². The van der Waals surface area contributed by atoms with E-state index in [9.17, 15) is 13.2 Å². The molecule has 46 heavy (non-hydrogen) atoms. The Labute approximate surface area is 273 Å². The Kier molecular flexibility index (Phi) is 8.61. The highest BCUT2D eigenvalue weighted by molar-refractivity contribution is 7.93. The summed E-state index contributed by atoms with van der Waals surface area (Å²) in [5, 5.41) is 0.293. The molecule has 0 radical (unpaired) electrons. The summed E-state index contributed by atoms with van der Waals surface area (Å²) in [7, 11) is 1.65. The van der Waals surface area contributed by atoms with Crippen LogP contribution in [-0.4, -0.2) is 107 Å². The number of methoxy groups -OCH3 is 3. The average Bonchev–Trinajstić information content (AvgIpc) is 3.65. The summed E-state index contributed by atoms with van der Waals surface area (Å²) in [6, 6.07) is 11.5. The van der Waals surface area contributed by atoms with Crippen LogP contribution in [0, 0.1) is 0 Å².